The summed E-state index contributed by atoms with van der Waals surface area (Å²) >= 11 is 0. The van der Waals surface area contributed by atoms with Crippen molar-refractivity contribution < 1.29 is 28.6 Å². The van der Waals surface area contributed by atoms with Crippen LogP contribution in [0.25, 0.3) is 0 Å². The van der Waals surface area contributed by atoms with Crippen molar-refractivity contribution in [3.8, 4) is 0 Å². The van der Waals surface area contributed by atoms with Crippen LogP contribution in [0.15, 0.2) is 122 Å². The van der Waals surface area contributed by atoms with Crippen LogP contribution in [-0.2, 0) is 28.6 Å². The van der Waals surface area contributed by atoms with E-state index in [4.69, 9.17) is 14.2 Å². The fourth-order valence-corrected chi connectivity index (χ4v) is 7.01. The lowest BCUT2D eigenvalue weighted by atomic mass is 10.1. The second kappa shape index (κ2) is 54.4. The molecule has 0 N–H and O–H groups in total. The Balaban J connectivity index is 4.36. The first-order valence-corrected chi connectivity index (χ1v) is 27.0. The Hall–Kier alpha value is -4.19. The van der Waals surface area contributed by atoms with Gasteiger partial charge in [0.05, 0.1) is 6.42 Å². The van der Waals surface area contributed by atoms with E-state index in [1.807, 2.05) is 6.08 Å². The van der Waals surface area contributed by atoms with E-state index in [9.17, 15) is 14.4 Å². The Morgan fingerprint density at radius 1 is 0.328 bits per heavy atom. The summed E-state index contributed by atoms with van der Waals surface area (Å²) in [5, 5.41) is 0. The maximum atomic E-state index is 12.7. The largest absolute Gasteiger partial charge is 0.462 e. The molecule has 67 heavy (non-hydrogen) atoms. The van der Waals surface area contributed by atoms with Crippen LogP contribution in [0.5, 0.6) is 0 Å². The van der Waals surface area contributed by atoms with E-state index in [0.29, 0.717) is 12.8 Å². The maximum Gasteiger partial charge on any atom is 0.310 e. The van der Waals surface area contributed by atoms with Crippen LogP contribution in [-0.4, -0.2) is 37.2 Å². The van der Waals surface area contributed by atoms with E-state index in [0.717, 1.165) is 109 Å². The molecule has 0 aliphatic carbocycles. The van der Waals surface area contributed by atoms with Gasteiger partial charge in [0.2, 0.25) is 0 Å². The van der Waals surface area contributed by atoms with Crippen LogP contribution >= 0.6 is 0 Å². The molecule has 6 heteroatoms. The molecule has 0 fully saturated rings. The summed E-state index contributed by atoms with van der Waals surface area (Å²) in [5.41, 5.74) is 0. The average Bonchev–Trinajstić information content (AvgIpc) is 3.33. The molecule has 0 rings (SSSR count). The van der Waals surface area contributed by atoms with Crippen molar-refractivity contribution in [1.82, 2.24) is 0 Å². The van der Waals surface area contributed by atoms with Crippen LogP contribution in [0, 0.1) is 0 Å². The minimum absolute atomic E-state index is 0.0927. The Labute approximate surface area is 412 Å². The predicted octanol–water partition coefficient (Wildman–Crippen LogP) is 18.1. The number of allylic oxidation sites excluding steroid dienone is 19. The van der Waals surface area contributed by atoms with Gasteiger partial charge in [-0.05, 0) is 89.9 Å². The summed E-state index contributed by atoms with van der Waals surface area (Å²) in [5.74, 6) is -1.07. The second-order valence-corrected chi connectivity index (χ2v) is 17.4. The van der Waals surface area contributed by atoms with Crippen LogP contribution in [0.1, 0.15) is 226 Å². The highest BCUT2D eigenvalue weighted by Crippen LogP contribution is 2.14. The lowest BCUT2D eigenvalue weighted by molar-refractivity contribution is -0.166. The van der Waals surface area contributed by atoms with Gasteiger partial charge >= 0.3 is 17.9 Å². The molecule has 0 saturated heterocycles. The van der Waals surface area contributed by atoms with Gasteiger partial charge in [0.15, 0.2) is 6.10 Å². The van der Waals surface area contributed by atoms with Gasteiger partial charge in [0, 0.05) is 12.8 Å². The number of ether oxygens (including phenoxy) is 3. The zero-order valence-electron chi connectivity index (χ0n) is 43.1. The van der Waals surface area contributed by atoms with Crippen LogP contribution in [0.3, 0.4) is 0 Å². The summed E-state index contributed by atoms with van der Waals surface area (Å²) < 4.78 is 16.7. The molecule has 1 atom stereocenters. The molecule has 0 saturated carbocycles. The lowest BCUT2D eigenvalue weighted by Gasteiger charge is -2.18. The van der Waals surface area contributed by atoms with E-state index in [2.05, 4.69) is 130 Å². The van der Waals surface area contributed by atoms with Crippen LogP contribution in [0.4, 0.5) is 0 Å². The molecule has 0 aromatic rings. The zero-order chi connectivity index (χ0) is 48.6. The summed E-state index contributed by atoms with van der Waals surface area (Å²) in [6.07, 6.45) is 75.1. The molecule has 0 heterocycles. The summed E-state index contributed by atoms with van der Waals surface area (Å²) in [7, 11) is 0. The zero-order valence-corrected chi connectivity index (χ0v) is 43.1. The van der Waals surface area contributed by atoms with Gasteiger partial charge < -0.3 is 14.2 Å². The maximum absolute atomic E-state index is 12.7. The Bertz CT molecular complexity index is 1440. The number of carbonyl (C=O) groups is 3. The number of unbranched alkanes of at least 4 members (excludes halogenated alkanes) is 17. The van der Waals surface area contributed by atoms with Crippen molar-refractivity contribution >= 4 is 17.9 Å². The van der Waals surface area contributed by atoms with Gasteiger partial charge in [-0.1, -0.05) is 239 Å². The highest BCUT2D eigenvalue weighted by molar-refractivity contribution is 5.72. The minimum Gasteiger partial charge on any atom is -0.462 e. The molecule has 0 aliphatic heterocycles. The molecular weight excluding hydrogens is 829 g/mol. The number of hydrogen-bond acceptors (Lipinski definition) is 6. The topological polar surface area (TPSA) is 78.9 Å². The summed E-state index contributed by atoms with van der Waals surface area (Å²) in [4.78, 5) is 37.9. The third-order valence-electron chi connectivity index (χ3n) is 11.0. The Morgan fingerprint density at radius 3 is 0.985 bits per heavy atom. The quantitative estimate of drug-likeness (QED) is 0.0262. The van der Waals surface area contributed by atoms with E-state index < -0.39 is 12.1 Å². The normalized spacial score (nSPS) is 13.1. The summed E-state index contributed by atoms with van der Waals surface area (Å²) in [6.45, 7) is 6.29. The van der Waals surface area contributed by atoms with Gasteiger partial charge in [-0.3, -0.25) is 14.4 Å². The fraction of sp³-hybridized carbons (Fsp3) is 0.623. The molecule has 1 unspecified atom stereocenters. The van der Waals surface area contributed by atoms with Gasteiger partial charge in [0.1, 0.15) is 13.2 Å². The standard InChI is InChI=1S/C61H98O6/c1-4-7-10-13-16-19-21-23-25-26-27-28-29-30-31-32-33-34-36-37-39-42-45-48-51-54-60(63)66-57-58(56-65-59(62)53-50-47-44-41-18-15-12-9-6-3)67-61(64)55-52-49-46-43-40-38-35-24-22-20-17-14-11-8-5-2/h7-8,10-11,16-17,19-20,23-25,27-28,30-31,35,40,43,49,52,58H,4-6,9,12-15,18,21-22,26,29,32-34,36-39,41-42,44-48,50-51,53-57H2,1-3H3/b10-7-,11-8-,19-16-,20-17-,25-23-,28-27-,31-30-,35-24-,43-40-,52-49-. The second-order valence-electron chi connectivity index (χ2n) is 17.4. The minimum atomic E-state index is -0.835. The fourth-order valence-electron chi connectivity index (χ4n) is 7.01. The van der Waals surface area contributed by atoms with Crippen molar-refractivity contribution in [2.24, 2.45) is 0 Å². The monoisotopic (exact) mass is 927 g/mol. The van der Waals surface area contributed by atoms with Crippen molar-refractivity contribution in [1.29, 1.82) is 0 Å². The molecule has 0 amide bonds. The highest BCUT2D eigenvalue weighted by Gasteiger charge is 2.19. The van der Waals surface area contributed by atoms with Crippen LogP contribution in [0.2, 0.25) is 0 Å². The third-order valence-corrected chi connectivity index (χ3v) is 11.0. The van der Waals surface area contributed by atoms with Crippen molar-refractivity contribution in [2.45, 2.75) is 232 Å². The smallest absolute Gasteiger partial charge is 0.310 e. The van der Waals surface area contributed by atoms with E-state index in [1.54, 1.807) is 6.08 Å². The Kier molecular flexibility index (Phi) is 51.0. The SMILES string of the molecule is CC/C=C\C/C=C\C/C=C\C/C=C\C/C=C\CCCCCCCCCCCC(=O)OCC(COC(=O)CCCCCCCCCCC)OC(=O)C/C=C\C/C=C\C/C=C\C/C=C\C/C=C\CC. The molecule has 0 radical (unpaired) electrons. The first-order chi connectivity index (χ1) is 33.0. The molecule has 0 aliphatic rings. The van der Waals surface area contributed by atoms with Crippen LogP contribution < -0.4 is 0 Å². The molecule has 378 valence electrons. The molecule has 0 aromatic carbocycles. The molecule has 6 nitrogen and oxygen atoms in total. The van der Waals surface area contributed by atoms with Gasteiger partial charge in [0.25, 0.3) is 0 Å². The van der Waals surface area contributed by atoms with E-state index >= 15 is 0 Å². The number of hydrogen-bond donors (Lipinski definition) is 0. The molecule has 0 bridgehead atoms. The third kappa shape index (κ3) is 52.6. The van der Waals surface area contributed by atoms with E-state index in [1.165, 1.54) is 77.0 Å². The van der Waals surface area contributed by atoms with Gasteiger partial charge in [-0.2, -0.15) is 0 Å². The Morgan fingerprint density at radius 2 is 0.627 bits per heavy atom. The number of esters is 3. The van der Waals surface area contributed by atoms with Crippen molar-refractivity contribution in [2.75, 3.05) is 13.2 Å². The summed E-state index contributed by atoms with van der Waals surface area (Å²) in [6, 6.07) is 0. The molecule has 0 aromatic heterocycles. The van der Waals surface area contributed by atoms with Crippen molar-refractivity contribution in [3.63, 3.8) is 0 Å². The number of rotatable bonds is 47. The lowest BCUT2D eigenvalue weighted by Crippen LogP contribution is -2.30. The first kappa shape index (κ1) is 62.8. The van der Waals surface area contributed by atoms with Crippen molar-refractivity contribution in [3.05, 3.63) is 122 Å². The van der Waals surface area contributed by atoms with Gasteiger partial charge in [-0.15, -0.1) is 0 Å². The number of carbonyl (C=O) groups excluding carboxylic acids is 3. The van der Waals surface area contributed by atoms with Gasteiger partial charge in [-0.25, -0.2) is 0 Å². The average molecular weight is 927 g/mol. The first-order valence-electron chi connectivity index (χ1n) is 27.0. The van der Waals surface area contributed by atoms with E-state index in [-0.39, 0.29) is 31.6 Å². The molecule has 0 spiro atoms. The predicted molar refractivity (Wildman–Crippen MR) is 288 cm³/mol. The molecular formula is C61H98O6. The highest BCUT2D eigenvalue weighted by atomic mass is 16.6.